The molecular weight excluding hydrogens is 1310 g/mol. The van der Waals surface area contributed by atoms with E-state index in [1.165, 1.54) is 179 Å². The molecule has 0 unspecified atom stereocenters. The Morgan fingerprint density at radius 2 is 0.602 bits per heavy atom. The minimum absolute atomic E-state index is 0.0242. The van der Waals surface area contributed by atoms with Crippen LogP contribution in [-0.2, 0) is 16.2 Å². The molecule has 108 heavy (non-hydrogen) atoms. The third-order valence-electron chi connectivity index (χ3n) is 23.4. The van der Waals surface area contributed by atoms with Gasteiger partial charge in [0.1, 0.15) is 0 Å². The van der Waals surface area contributed by atoms with E-state index in [9.17, 15) is 5.26 Å². The highest BCUT2D eigenvalue weighted by Crippen LogP contribution is 2.57. The Hall–Kier alpha value is -10.5. The van der Waals surface area contributed by atoms with Gasteiger partial charge in [-0.3, -0.25) is 0 Å². The maximum absolute atomic E-state index is 9.51. The molecule has 0 N–H and O–H groups in total. The first-order valence-corrected chi connectivity index (χ1v) is 39.1. The fourth-order valence-electron chi connectivity index (χ4n) is 17.8. The fraction of sp³-hybridized carbons (Fsp3) is 0.298. The Kier molecular flexibility index (Phi) is 19.8. The van der Waals surface area contributed by atoms with Crippen molar-refractivity contribution in [2.45, 2.75) is 205 Å². The molecule has 4 heteroatoms. The molecule has 0 bridgehead atoms. The fourth-order valence-corrected chi connectivity index (χ4v) is 17.8. The zero-order valence-corrected chi connectivity index (χ0v) is 68.9. The molecule has 0 radical (unpaired) electrons. The molecule has 548 valence electrons. The minimum Gasteiger partial charge on any atom is -0.336 e. The van der Waals surface area contributed by atoms with Crippen molar-refractivity contribution in [1.82, 2.24) is 0 Å². The van der Waals surface area contributed by atoms with Crippen LogP contribution in [0.3, 0.4) is 0 Å². The number of nitrogens with zero attached hydrogens (tertiary/aromatic N) is 4. The molecule has 0 saturated heterocycles. The highest BCUT2D eigenvalue weighted by atomic mass is 15.2. The van der Waals surface area contributed by atoms with Crippen LogP contribution in [0.15, 0.2) is 237 Å². The van der Waals surface area contributed by atoms with E-state index in [1.54, 1.807) is 0 Å². The second kappa shape index (κ2) is 28.3. The zero-order chi connectivity index (χ0) is 77.6. The molecule has 0 atom stereocenters. The summed E-state index contributed by atoms with van der Waals surface area (Å²) < 4.78 is 0. The van der Waals surface area contributed by atoms with Gasteiger partial charge in [0.2, 0.25) is 0 Å². The van der Waals surface area contributed by atoms with Crippen LogP contribution in [0.2, 0.25) is 0 Å². The van der Waals surface area contributed by atoms with Gasteiger partial charge in [-0.1, -0.05) is 225 Å². The van der Waals surface area contributed by atoms with Gasteiger partial charge in [0.15, 0.2) is 0 Å². The summed E-state index contributed by atoms with van der Waals surface area (Å²) in [4.78, 5) is 7.62. The Morgan fingerprint density at radius 3 is 0.972 bits per heavy atom. The summed E-state index contributed by atoms with van der Waals surface area (Å²) in [6, 6.07) is 89.3. The Labute approximate surface area is 647 Å². The van der Waals surface area contributed by atoms with Crippen molar-refractivity contribution in [2.24, 2.45) is 0 Å². The number of hydrogen-bond donors (Lipinski definition) is 0. The Bertz CT molecular complexity index is 5480. The minimum atomic E-state index is -0.136. The first kappa shape index (κ1) is 75.8. The van der Waals surface area contributed by atoms with Crippen LogP contribution in [0, 0.1) is 59.8 Å². The highest BCUT2D eigenvalue weighted by Gasteiger charge is 2.42. The number of nitriles is 1. The lowest BCUT2D eigenvalue weighted by Crippen LogP contribution is -2.38. The van der Waals surface area contributed by atoms with Crippen LogP contribution in [0.1, 0.15) is 207 Å². The predicted octanol–water partition coefficient (Wildman–Crippen LogP) is 28.9. The summed E-state index contributed by atoms with van der Waals surface area (Å²) in [6.07, 6.45) is 0. The molecule has 12 aromatic carbocycles. The van der Waals surface area contributed by atoms with Crippen molar-refractivity contribution < 1.29 is 0 Å². The molecular formula is C104H112N4. The van der Waals surface area contributed by atoms with Gasteiger partial charge in [-0.15, -0.1) is 0 Å². The average molecular weight is 1420 g/mol. The third-order valence-corrected chi connectivity index (χ3v) is 23.4. The van der Waals surface area contributed by atoms with E-state index in [-0.39, 0.29) is 32.9 Å². The Morgan fingerprint density at radius 1 is 0.278 bits per heavy atom. The van der Waals surface area contributed by atoms with Crippen LogP contribution in [0.25, 0.3) is 66.8 Å². The first-order chi connectivity index (χ1) is 50.9. The monoisotopic (exact) mass is 1420 g/mol. The van der Waals surface area contributed by atoms with Gasteiger partial charge < -0.3 is 14.7 Å². The summed E-state index contributed by atoms with van der Waals surface area (Å²) in [5.41, 5.74) is 42.2. The van der Waals surface area contributed by atoms with Crippen LogP contribution in [-0.4, -0.2) is 16.6 Å². The van der Waals surface area contributed by atoms with Crippen molar-refractivity contribution in [1.29, 1.82) is 5.26 Å². The van der Waals surface area contributed by atoms with Crippen LogP contribution in [0.4, 0.5) is 34.1 Å². The average Bonchev–Trinajstić information content (AvgIpc) is 1.57. The largest absolute Gasteiger partial charge is 0.336 e. The van der Waals surface area contributed by atoms with Gasteiger partial charge in [0.25, 0.3) is 0 Å². The van der Waals surface area contributed by atoms with Crippen molar-refractivity contribution in [3.63, 3.8) is 0 Å². The lowest BCUT2D eigenvalue weighted by Gasteiger charge is -2.40. The van der Waals surface area contributed by atoms with E-state index in [0.29, 0.717) is 11.5 Å². The molecule has 0 heterocycles. The van der Waals surface area contributed by atoms with Crippen LogP contribution in [0.5, 0.6) is 0 Å². The molecule has 0 spiro atoms. The molecule has 0 aliphatic heterocycles. The maximum Gasteiger partial charge on any atom is 0.0991 e. The second-order valence-electron chi connectivity index (χ2n) is 35.8. The maximum atomic E-state index is 9.51. The van der Waals surface area contributed by atoms with E-state index in [4.69, 9.17) is 0 Å². The molecule has 15 rings (SSSR count). The van der Waals surface area contributed by atoms with Crippen LogP contribution < -0.4 is 14.7 Å². The van der Waals surface area contributed by atoms with Gasteiger partial charge in [-0.25, -0.2) is 0 Å². The second-order valence-corrected chi connectivity index (χ2v) is 35.8. The van der Waals surface area contributed by atoms with Crippen molar-refractivity contribution in [3.05, 3.63) is 320 Å². The molecule has 0 amide bonds. The summed E-state index contributed by atoms with van der Waals surface area (Å²) in [6.45, 7) is 55.2. The molecule has 0 aromatic heterocycles. The molecule has 0 fully saturated rings. The van der Waals surface area contributed by atoms with Crippen LogP contribution >= 0.6 is 0 Å². The summed E-state index contributed by atoms with van der Waals surface area (Å²) in [5, 5.41) is 9.51. The smallest absolute Gasteiger partial charge is 0.0991 e. The predicted molar refractivity (Wildman–Crippen MR) is 465 cm³/mol. The number of hydrogen-bond acceptors (Lipinski definition) is 4. The lowest BCUT2D eigenvalue weighted by atomic mass is 9.81. The molecule has 12 aromatic rings. The van der Waals surface area contributed by atoms with Crippen molar-refractivity contribution >= 4 is 34.1 Å². The lowest BCUT2D eigenvalue weighted by molar-refractivity contribution is 0.557. The van der Waals surface area contributed by atoms with Gasteiger partial charge in [0, 0.05) is 67.0 Å². The topological polar surface area (TPSA) is 33.5 Å². The van der Waals surface area contributed by atoms with E-state index in [1.807, 2.05) is 6.07 Å². The number of rotatable bonds is 10. The number of fused-ring (bicyclic) bond motifs is 9. The summed E-state index contributed by atoms with van der Waals surface area (Å²) in [7, 11) is 0. The van der Waals surface area contributed by atoms with E-state index in [0.717, 1.165) is 0 Å². The molecule has 0 saturated carbocycles. The quantitative estimate of drug-likeness (QED) is 0.137. The third kappa shape index (κ3) is 13.7. The number of aryl methyl sites for hydroxylation is 7. The van der Waals surface area contributed by atoms with E-state index in [2.05, 4.69) is 417 Å². The van der Waals surface area contributed by atoms with Gasteiger partial charge in [-0.2, -0.15) is 5.26 Å². The summed E-state index contributed by atoms with van der Waals surface area (Å²) in [5.74, 6) is 0.492. The van der Waals surface area contributed by atoms with Crippen molar-refractivity contribution in [3.8, 4) is 72.8 Å². The molecule has 3 aliphatic carbocycles. The summed E-state index contributed by atoms with van der Waals surface area (Å²) >= 11 is 0. The highest BCUT2D eigenvalue weighted by molar-refractivity contribution is 5.91. The standard InChI is InChI=1S/C36H41N.C34H34N2.C34H37N/c1-23(2)28-16-13-17-30-34(28)29-20-25(4)33(22-31(29)36(30,8)9)37(35(5,6)7)32-21-27(19-18-24(32)3)26-14-11-10-12-15-26;1-22-13-15-26(25-11-9-8-10-12-25)19-31(22)36(33(3,4)5)32-20-30-27(17-23(32)2)28-18-24(21-35)14-16-29(28)34(30,6)7;1-22-17-18-26(25-14-10-9-11-15-25)20-30(22)35(33(4,5)6)31-21-29-27(19-24(31)3)32-23(2)13-12-16-28(32)34(29,7)8/h10-23H,1-9H3;8-20H,1-7H3;9-21H,1-8H3. The van der Waals surface area contributed by atoms with Gasteiger partial charge >= 0.3 is 0 Å². The molecule has 3 aliphatic rings. The van der Waals surface area contributed by atoms with E-state index >= 15 is 0 Å². The Balaban J connectivity index is 0.000000143. The first-order valence-electron chi connectivity index (χ1n) is 39.1. The molecule has 4 nitrogen and oxygen atoms in total. The van der Waals surface area contributed by atoms with Gasteiger partial charge in [0.05, 0.1) is 11.6 Å². The number of benzene rings is 12. The normalized spacial score (nSPS) is 13.9. The SMILES string of the molecule is Cc1ccc(-c2ccccc2)cc1N(c1cc2c(cc1C)-c1c(C(C)C)cccc1C2(C)C)C(C)(C)C.Cc1ccc(-c2ccccc2)cc1N(c1cc2c(cc1C)-c1c(C)cccc1C2(C)C)C(C)(C)C.Cc1ccc(-c2ccccc2)cc1N(c1cc2c(cc1C)-c1cc(C#N)ccc1C2(C)C)C(C)(C)C. The zero-order valence-electron chi connectivity index (χ0n) is 68.9. The van der Waals surface area contributed by atoms with Gasteiger partial charge in [-0.05, 0) is 328 Å². The van der Waals surface area contributed by atoms with Crippen molar-refractivity contribution in [2.75, 3.05) is 14.7 Å². The van der Waals surface area contributed by atoms with E-state index < -0.39 is 0 Å². The number of anilines is 6.